The number of sulfonamides is 1. The van der Waals surface area contributed by atoms with Gasteiger partial charge in [0, 0.05) is 18.8 Å². The fraction of sp³-hybridized carbons (Fsp3) is 0.316. The number of carbonyl (C=O) groups excluding carboxylic acids is 1. The van der Waals surface area contributed by atoms with Crippen molar-refractivity contribution in [3.8, 4) is 0 Å². The van der Waals surface area contributed by atoms with E-state index in [4.69, 9.17) is 0 Å². The molecule has 1 N–H and O–H groups in total. The van der Waals surface area contributed by atoms with E-state index in [1.165, 1.54) is 52.8 Å². The molecule has 27 heavy (non-hydrogen) atoms. The molecule has 1 aliphatic heterocycles. The van der Waals surface area contributed by atoms with Gasteiger partial charge in [0.25, 0.3) is 0 Å². The van der Waals surface area contributed by atoms with Crippen molar-refractivity contribution in [2.24, 2.45) is 5.92 Å². The van der Waals surface area contributed by atoms with Gasteiger partial charge in [0.1, 0.15) is 11.6 Å². The number of nitrogens with one attached hydrogen (secondary N) is 1. The fourth-order valence-electron chi connectivity index (χ4n) is 3.07. The molecule has 0 aliphatic carbocycles. The fourth-order valence-corrected chi connectivity index (χ4v) is 4.68. The van der Waals surface area contributed by atoms with Crippen molar-refractivity contribution in [1.29, 1.82) is 0 Å². The maximum absolute atomic E-state index is 13.0. The van der Waals surface area contributed by atoms with Gasteiger partial charge in [0.2, 0.25) is 15.9 Å². The summed E-state index contributed by atoms with van der Waals surface area (Å²) < 4.78 is 52.6. The van der Waals surface area contributed by atoms with E-state index in [9.17, 15) is 22.0 Å². The first kappa shape index (κ1) is 19.4. The summed E-state index contributed by atoms with van der Waals surface area (Å²) in [6, 6.07) is 10.7. The van der Waals surface area contributed by atoms with Crippen molar-refractivity contribution < 1.29 is 22.0 Å². The molecule has 0 bridgehead atoms. The van der Waals surface area contributed by atoms with E-state index < -0.39 is 27.6 Å². The lowest BCUT2D eigenvalue weighted by Gasteiger charge is -2.31. The minimum absolute atomic E-state index is 0.0938. The Hall–Kier alpha value is -2.32. The molecular formula is C19H20F2N2O3S. The van der Waals surface area contributed by atoms with Gasteiger partial charge in [0.05, 0.1) is 11.7 Å². The van der Waals surface area contributed by atoms with Crippen molar-refractivity contribution >= 4 is 21.6 Å². The highest BCUT2D eigenvalue weighted by molar-refractivity contribution is 7.88. The smallest absolute Gasteiger partial charge is 0.228 e. The largest absolute Gasteiger partial charge is 0.326 e. The lowest BCUT2D eigenvalue weighted by molar-refractivity contribution is -0.120. The summed E-state index contributed by atoms with van der Waals surface area (Å²) in [4.78, 5) is 12.5. The maximum atomic E-state index is 13.0. The predicted octanol–water partition coefficient (Wildman–Crippen LogP) is 3.15. The Kier molecular flexibility index (Phi) is 5.86. The van der Waals surface area contributed by atoms with Crippen LogP contribution in [0.15, 0.2) is 48.5 Å². The topological polar surface area (TPSA) is 66.5 Å². The second kappa shape index (κ2) is 8.14. The van der Waals surface area contributed by atoms with E-state index in [-0.39, 0.29) is 18.2 Å². The molecule has 1 fully saturated rings. The van der Waals surface area contributed by atoms with Crippen LogP contribution < -0.4 is 5.32 Å². The quantitative estimate of drug-likeness (QED) is 0.847. The van der Waals surface area contributed by atoms with Gasteiger partial charge in [-0.05, 0) is 54.8 Å². The van der Waals surface area contributed by atoms with Crippen LogP contribution in [-0.4, -0.2) is 31.7 Å². The predicted molar refractivity (Wildman–Crippen MR) is 98.4 cm³/mol. The van der Waals surface area contributed by atoms with Crippen molar-refractivity contribution in [3.63, 3.8) is 0 Å². The Balaban J connectivity index is 1.64. The normalized spacial score (nSPS) is 18.2. The summed E-state index contributed by atoms with van der Waals surface area (Å²) >= 11 is 0. The Morgan fingerprint density at radius 3 is 2.26 bits per heavy atom. The zero-order valence-electron chi connectivity index (χ0n) is 14.6. The summed E-state index contributed by atoms with van der Waals surface area (Å²) in [5.41, 5.74) is 0.960. The molecular weight excluding hydrogens is 374 g/mol. The van der Waals surface area contributed by atoms with E-state index in [2.05, 4.69) is 5.32 Å². The minimum Gasteiger partial charge on any atom is -0.326 e. The van der Waals surface area contributed by atoms with Gasteiger partial charge in [-0.25, -0.2) is 21.5 Å². The van der Waals surface area contributed by atoms with Gasteiger partial charge < -0.3 is 5.32 Å². The third kappa shape index (κ3) is 5.11. The van der Waals surface area contributed by atoms with E-state index in [0.29, 0.717) is 30.6 Å². The van der Waals surface area contributed by atoms with Gasteiger partial charge in [-0.3, -0.25) is 4.79 Å². The maximum Gasteiger partial charge on any atom is 0.228 e. The molecule has 0 radical (unpaired) electrons. The summed E-state index contributed by atoms with van der Waals surface area (Å²) in [5.74, 6) is -1.83. The molecule has 8 heteroatoms. The first-order chi connectivity index (χ1) is 12.8. The van der Waals surface area contributed by atoms with Crippen molar-refractivity contribution in [1.82, 2.24) is 4.31 Å². The van der Waals surface area contributed by atoms with Gasteiger partial charge in [0.15, 0.2) is 0 Å². The van der Waals surface area contributed by atoms with Crippen LogP contribution in [0.2, 0.25) is 0 Å². The van der Waals surface area contributed by atoms with E-state index in [1.54, 1.807) is 0 Å². The highest BCUT2D eigenvalue weighted by Gasteiger charge is 2.32. The standard InChI is InChI=1S/C19H20F2N2O3S/c20-16-5-3-14(4-6-16)13-27(25,26)23-11-1-2-15(12-23)19(24)22-18-9-7-17(21)8-10-18/h3-10,15H,1-2,11-13H2,(H,22,24). The lowest BCUT2D eigenvalue weighted by atomic mass is 9.99. The Morgan fingerprint density at radius 2 is 1.63 bits per heavy atom. The van der Waals surface area contributed by atoms with Crippen LogP contribution in [0.4, 0.5) is 14.5 Å². The minimum atomic E-state index is -3.61. The number of rotatable bonds is 5. The number of benzene rings is 2. The summed E-state index contributed by atoms with van der Waals surface area (Å²) in [6.45, 7) is 0.445. The third-order valence-electron chi connectivity index (χ3n) is 4.52. The highest BCUT2D eigenvalue weighted by Crippen LogP contribution is 2.23. The van der Waals surface area contributed by atoms with Crippen LogP contribution in [0.25, 0.3) is 0 Å². The molecule has 3 rings (SSSR count). The van der Waals surface area contributed by atoms with E-state index >= 15 is 0 Å². The van der Waals surface area contributed by atoms with Crippen LogP contribution in [0, 0.1) is 17.6 Å². The first-order valence-corrected chi connectivity index (χ1v) is 10.2. The van der Waals surface area contributed by atoms with Crippen LogP contribution in [0.1, 0.15) is 18.4 Å². The average molecular weight is 394 g/mol. The number of halogens is 2. The number of nitrogens with zero attached hydrogens (tertiary/aromatic N) is 1. The molecule has 1 atom stereocenters. The van der Waals surface area contributed by atoms with Crippen LogP contribution in [0.3, 0.4) is 0 Å². The van der Waals surface area contributed by atoms with Crippen molar-refractivity contribution in [3.05, 3.63) is 65.7 Å². The van der Waals surface area contributed by atoms with Crippen LogP contribution in [-0.2, 0) is 20.6 Å². The number of hydrogen-bond acceptors (Lipinski definition) is 3. The lowest BCUT2D eigenvalue weighted by Crippen LogP contribution is -2.44. The first-order valence-electron chi connectivity index (χ1n) is 8.62. The molecule has 5 nitrogen and oxygen atoms in total. The Bertz CT molecular complexity index is 900. The molecule has 0 aromatic heterocycles. The number of carbonyl (C=O) groups is 1. The zero-order chi connectivity index (χ0) is 19.4. The van der Waals surface area contributed by atoms with Crippen molar-refractivity contribution in [2.45, 2.75) is 18.6 Å². The summed E-state index contributed by atoms with van der Waals surface area (Å²) in [5, 5.41) is 2.70. The SMILES string of the molecule is O=C(Nc1ccc(F)cc1)C1CCCN(S(=O)(=O)Cc2ccc(F)cc2)C1. The second-order valence-corrected chi connectivity index (χ2v) is 8.54. The molecule has 0 saturated carbocycles. The van der Waals surface area contributed by atoms with E-state index in [0.717, 1.165) is 0 Å². The van der Waals surface area contributed by atoms with Crippen LogP contribution in [0.5, 0.6) is 0 Å². The molecule has 1 unspecified atom stereocenters. The highest BCUT2D eigenvalue weighted by atomic mass is 32.2. The van der Waals surface area contributed by atoms with Gasteiger partial charge in [-0.15, -0.1) is 0 Å². The number of amides is 1. The third-order valence-corrected chi connectivity index (χ3v) is 6.34. The van der Waals surface area contributed by atoms with E-state index in [1.807, 2.05) is 0 Å². The Morgan fingerprint density at radius 1 is 1.04 bits per heavy atom. The molecule has 1 amide bonds. The molecule has 1 heterocycles. The number of hydrogen-bond donors (Lipinski definition) is 1. The van der Waals surface area contributed by atoms with Crippen LogP contribution >= 0.6 is 0 Å². The van der Waals surface area contributed by atoms with Crippen molar-refractivity contribution in [2.75, 3.05) is 18.4 Å². The summed E-state index contributed by atoms with van der Waals surface area (Å²) in [6.07, 6.45) is 1.15. The average Bonchev–Trinajstić information content (AvgIpc) is 2.65. The molecule has 144 valence electrons. The molecule has 0 spiro atoms. The van der Waals surface area contributed by atoms with Gasteiger partial charge in [-0.2, -0.15) is 0 Å². The Labute approximate surface area is 157 Å². The molecule has 2 aromatic rings. The number of piperidine rings is 1. The van der Waals surface area contributed by atoms with Gasteiger partial charge in [-0.1, -0.05) is 12.1 Å². The summed E-state index contributed by atoms with van der Waals surface area (Å²) in [7, 11) is -3.61. The second-order valence-electron chi connectivity index (χ2n) is 6.58. The molecule has 2 aromatic carbocycles. The molecule has 1 saturated heterocycles. The number of anilines is 1. The zero-order valence-corrected chi connectivity index (χ0v) is 15.4. The van der Waals surface area contributed by atoms with Gasteiger partial charge >= 0.3 is 0 Å². The molecule has 1 aliphatic rings. The monoisotopic (exact) mass is 394 g/mol.